The van der Waals surface area contributed by atoms with Crippen molar-refractivity contribution in [3.05, 3.63) is 21.6 Å². The van der Waals surface area contributed by atoms with E-state index in [4.69, 9.17) is 4.74 Å². The van der Waals surface area contributed by atoms with E-state index in [1.807, 2.05) is 11.8 Å². The number of nitrogens with zero attached hydrogens (tertiary/aromatic N) is 2. The molecule has 0 bridgehead atoms. The minimum atomic E-state index is -0.141. The molecule has 1 aromatic rings. The second-order valence-corrected chi connectivity index (χ2v) is 7.70. The van der Waals surface area contributed by atoms with E-state index in [2.05, 4.69) is 15.3 Å². The van der Waals surface area contributed by atoms with Crippen molar-refractivity contribution in [3.63, 3.8) is 0 Å². The predicted octanol–water partition coefficient (Wildman–Crippen LogP) is 1.93. The number of morpholine rings is 1. The average Bonchev–Trinajstić information content (AvgIpc) is 3.18. The highest BCUT2D eigenvalue weighted by atomic mass is 16.5. The van der Waals surface area contributed by atoms with E-state index in [0.29, 0.717) is 43.3 Å². The summed E-state index contributed by atoms with van der Waals surface area (Å²) in [6.45, 7) is 5.32. The molecule has 0 atom stereocenters. The minimum Gasteiger partial charge on any atom is -0.378 e. The largest absolute Gasteiger partial charge is 0.378 e. The van der Waals surface area contributed by atoms with Crippen LogP contribution in [0.1, 0.15) is 56.2 Å². The molecule has 2 fully saturated rings. The zero-order valence-corrected chi connectivity index (χ0v) is 16.4. The van der Waals surface area contributed by atoms with Gasteiger partial charge in [-0.15, -0.1) is 0 Å². The average molecular weight is 377 g/mol. The molecule has 2 N–H and O–H groups in total. The molecule has 1 aromatic heterocycles. The third-order valence-corrected chi connectivity index (χ3v) is 5.71. The van der Waals surface area contributed by atoms with E-state index in [1.54, 1.807) is 0 Å². The lowest BCUT2D eigenvalue weighted by Crippen LogP contribution is -2.38. The van der Waals surface area contributed by atoms with Gasteiger partial charge in [0, 0.05) is 37.3 Å². The van der Waals surface area contributed by atoms with Crippen LogP contribution in [0.2, 0.25) is 0 Å². The first kappa shape index (κ1) is 19.9. The Labute approximate surface area is 160 Å². The number of hydrogen-bond donors (Lipinski definition) is 2. The summed E-state index contributed by atoms with van der Waals surface area (Å²) in [5.41, 5.74) is 1.17. The predicted molar refractivity (Wildman–Crippen MR) is 105 cm³/mol. The lowest BCUT2D eigenvalue weighted by atomic mass is 10.0. The zero-order chi connectivity index (χ0) is 19.1. The van der Waals surface area contributed by atoms with Crippen LogP contribution in [0.25, 0.3) is 0 Å². The second kappa shape index (κ2) is 9.88. The minimum absolute atomic E-state index is 0.0116. The summed E-state index contributed by atoms with van der Waals surface area (Å²) in [6.07, 6.45) is 8.44. The lowest BCUT2D eigenvalue weighted by molar-refractivity contribution is -0.121. The van der Waals surface area contributed by atoms with Gasteiger partial charge in [0.1, 0.15) is 0 Å². The summed E-state index contributed by atoms with van der Waals surface area (Å²) in [5.74, 6) is 1.47. The molecule has 0 spiro atoms. The van der Waals surface area contributed by atoms with Crippen LogP contribution < -0.4 is 15.8 Å². The Balaban J connectivity index is 1.44. The molecule has 7 nitrogen and oxygen atoms in total. The molecule has 7 heteroatoms. The number of amides is 1. The molecule has 0 radical (unpaired) electrons. The van der Waals surface area contributed by atoms with Gasteiger partial charge in [-0.05, 0) is 32.1 Å². The molecule has 1 aliphatic heterocycles. The molecule has 1 aliphatic carbocycles. The summed E-state index contributed by atoms with van der Waals surface area (Å²) in [7, 11) is 0. The van der Waals surface area contributed by atoms with Crippen LogP contribution in [0.15, 0.2) is 4.79 Å². The summed E-state index contributed by atoms with van der Waals surface area (Å²) in [6, 6.07) is 0. The lowest BCUT2D eigenvalue weighted by Gasteiger charge is -2.27. The Morgan fingerprint density at radius 3 is 2.74 bits per heavy atom. The van der Waals surface area contributed by atoms with E-state index >= 15 is 0 Å². The van der Waals surface area contributed by atoms with Gasteiger partial charge in [-0.3, -0.25) is 14.6 Å². The number of hydrogen-bond acceptors (Lipinski definition) is 5. The van der Waals surface area contributed by atoms with Crippen molar-refractivity contribution in [2.45, 2.75) is 58.3 Å². The highest BCUT2D eigenvalue weighted by Crippen LogP contribution is 2.28. The molecule has 3 rings (SSSR count). The van der Waals surface area contributed by atoms with Crippen LogP contribution in [-0.2, 0) is 16.0 Å². The van der Waals surface area contributed by atoms with Crippen LogP contribution >= 0.6 is 0 Å². The van der Waals surface area contributed by atoms with Gasteiger partial charge in [0.25, 0.3) is 5.56 Å². The van der Waals surface area contributed by atoms with Crippen molar-refractivity contribution in [3.8, 4) is 0 Å². The third-order valence-electron chi connectivity index (χ3n) is 5.71. The van der Waals surface area contributed by atoms with Gasteiger partial charge < -0.3 is 15.0 Å². The number of anilines is 1. The zero-order valence-electron chi connectivity index (χ0n) is 16.4. The quantitative estimate of drug-likeness (QED) is 0.677. The summed E-state index contributed by atoms with van der Waals surface area (Å²) < 4.78 is 5.33. The maximum Gasteiger partial charge on any atom is 0.255 e. The number of ether oxygens (including phenoxy) is 1. The van der Waals surface area contributed by atoms with E-state index < -0.39 is 0 Å². The van der Waals surface area contributed by atoms with Crippen molar-refractivity contribution in [1.82, 2.24) is 15.3 Å². The Morgan fingerprint density at radius 1 is 1.30 bits per heavy atom. The van der Waals surface area contributed by atoms with Crippen LogP contribution in [0.3, 0.4) is 0 Å². The molecule has 0 aromatic carbocycles. The maximum absolute atomic E-state index is 12.4. The van der Waals surface area contributed by atoms with Crippen molar-refractivity contribution >= 4 is 11.9 Å². The molecule has 1 amide bonds. The molecule has 2 heterocycles. The monoisotopic (exact) mass is 376 g/mol. The number of H-pyrrole nitrogens is 1. The summed E-state index contributed by atoms with van der Waals surface area (Å²) >= 11 is 0. The van der Waals surface area contributed by atoms with Crippen molar-refractivity contribution in [2.75, 3.05) is 37.7 Å². The Morgan fingerprint density at radius 2 is 2.04 bits per heavy atom. The molecule has 2 aliphatic rings. The molecule has 0 unspecified atom stereocenters. The number of aryl methyl sites for hydroxylation is 1. The molecule has 150 valence electrons. The fourth-order valence-corrected chi connectivity index (χ4v) is 4.06. The van der Waals surface area contributed by atoms with E-state index in [1.165, 1.54) is 32.1 Å². The van der Waals surface area contributed by atoms with Crippen LogP contribution in [-0.4, -0.2) is 48.7 Å². The van der Waals surface area contributed by atoms with Gasteiger partial charge >= 0.3 is 0 Å². The standard InChI is InChI=1S/C20H32N4O3/c1-15-17(19(26)23-20(22-15)24-11-13-27-14-12-24)8-9-18(25)21-10-4-7-16-5-2-3-6-16/h16H,2-14H2,1H3,(H,21,25)(H,22,23,26). The van der Waals surface area contributed by atoms with Gasteiger partial charge in [0.05, 0.1) is 13.2 Å². The van der Waals surface area contributed by atoms with Gasteiger partial charge in [0.15, 0.2) is 0 Å². The first-order chi connectivity index (χ1) is 13.1. The SMILES string of the molecule is Cc1nc(N2CCOCC2)[nH]c(=O)c1CCC(=O)NCCCC1CCCC1. The Hall–Kier alpha value is -1.89. The second-order valence-electron chi connectivity index (χ2n) is 7.70. The highest BCUT2D eigenvalue weighted by molar-refractivity contribution is 5.76. The normalized spacial score (nSPS) is 18.0. The van der Waals surface area contributed by atoms with Crippen LogP contribution in [0, 0.1) is 12.8 Å². The molecule has 1 saturated carbocycles. The van der Waals surface area contributed by atoms with Gasteiger partial charge in [0.2, 0.25) is 11.9 Å². The topological polar surface area (TPSA) is 87.3 Å². The van der Waals surface area contributed by atoms with Crippen LogP contribution in [0.5, 0.6) is 0 Å². The molecule has 1 saturated heterocycles. The fraction of sp³-hybridized carbons (Fsp3) is 0.750. The van der Waals surface area contributed by atoms with Crippen molar-refractivity contribution in [2.24, 2.45) is 5.92 Å². The number of aromatic nitrogens is 2. The van der Waals surface area contributed by atoms with Crippen molar-refractivity contribution in [1.29, 1.82) is 0 Å². The number of aromatic amines is 1. The smallest absolute Gasteiger partial charge is 0.255 e. The van der Waals surface area contributed by atoms with E-state index in [9.17, 15) is 9.59 Å². The van der Waals surface area contributed by atoms with E-state index in [0.717, 1.165) is 32.0 Å². The Kier molecular flexibility index (Phi) is 7.26. The first-order valence-corrected chi connectivity index (χ1v) is 10.3. The number of rotatable bonds is 8. The fourth-order valence-electron chi connectivity index (χ4n) is 4.06. The third kappa shape index (κ3) is 5.79. The van der Waals surface area contributed by atoms with Crippen LogP contribution in [0.4, 0.5) is 5.95 Å². The number of nitrogens with one attached hydrogen (secondary N) is 2. The number of carbonyl (C=O) groups excluding carboxylic acids is 1. The highest BCUT2D eigenvalue weighted by Gasteiger charge is 2.17. The van der Waals surface area contributed by atoms with Gasteiger partial charge in [-0.2, -0.15) is 0 Å². The molecular formula is C20H32N4O3. The Bertz CT molecular complexity index is 676. The summed E-state index contributed by atoms with van der Waals surface area (Å²) in [5, 5.41) is 2.99. The molecular weight excluding hydrogens is 344 g/mol. The van der Waals surface area contributed by atoms with Crippen molar-refractivity contribution < 1.29 is 9.53 Å². The van der Waals surface area contributed by atoms with E-state index in [-0.39, 0.29) is 11.5 Å². The summed E-state index contributed by atoms with van der Waals surface area (Å²) in [4.78, 5) is 34.0. The number of carbonyl (C=O) groups is 1. The molecule has 27 heavy (non-hydrogen) atoms. The van der Waals surface area contributed by atoms with Gasteiger partial charge in [-0.1, -0.05) is 25.7 Å². The maximum atomic E-state index is 12.4. The first-order valence-electron chi connectivity index (χ1n) is 10.3. The van der Waals surface area contributed by atoms with Gasteiger partial charge in [-0.25, -0.2) is 4.98 Å².